The van der Waals surface area contributed by atoms with Crippen molar-refractivity contribution >= 4 is 11.7 Å². The molecule has 7 nitrogen and oxygen atoms in total. The van der Waals surface area contributed by atoms with E-state index in [2.05, 4.69) is 16.0 Å². The van der Waals surface area contributed by atoms with Gasteiger partial charge in [0, 0.05) is 6.42 Å². The van der Waals surface area contributed by atoms with Crippen LogP contribution in [0.2, 0.25) is 0 Å². The Kier molecular flexibility index (Phi) is 13.9. The van der Waals surface area contributed by atoms with Gasteiger partial charge in [0.1, 0.15) is 0 Å². The van der Waals surface area contributed by atoms with Crippen LogP contribution in [0.3, 0.4) is 0 Å². The van der Waals surface area contributed by atoms with E-state index in [-0.39, 0.29) is 17.7 Å². The van der Waals surface area contributed by atoms with E-state index in [0.717, 1.165) is 38.6 Å². The van der Waals surface area contributed by atoms with E-state index in [0.29, 0.717) is 25.9 Å². The van der Waals surface area contributed by atoms with Crippen LogP contribution < -0.4 is 27.4 Å². The van der Waals surface area contributed by atoms with Crippen molar-refractivity contribution in [1.82, 2.24) is 16.0 Å². The number of unbranched alkanes of at least 4 members (excludes halogenated alkanes) is 1. The first kappa shape index (κ1) is 22.0. The minimum atomic E-state index is -0.437. The van der Waals surface area contributed by atoms with Crippen molar-refractivity contribution in [3.05, 3.63) is 0 Å². The van der Waals surface area contributed by atoms with Crippen LogP contribution in [-0.2, 0) is 9.59 Å². The van der Waals surface area contributed by atoms with E-state index < -0.39 is 6.04 Å². The number of rotatable bonds is 15. The van der Waals surface area contributed by atoms with Crippen LogP contribution in [0.25, 0.3) is 0 Å². The van der Waals surface area contributed by atoms with Gasteiger partial charge in [0.2, 0.25) is 5.91 Å². The molecule has 0 saturated carbocycles. The van der Waals surface area contributed by atoms with Crippen LogP contribution in [0.1, 0.15) is 44.9 Å². The number of nitrogens with two attached hydrogens (primary N) is 2. The SMILES string of the molecule is CNCCCC(=O)C(CCCN)NC(=O)C(CCCCN)NC. The Morgan fingerprint density at radius 2 is 1.57 bits per heavy atom. The maximum atomic E-state index is 12.4. The van der Waals surface area contributed by atoms with E-state index in [1.54, 1.807) is 7.05 Å². The summed E-state index contributed by atoms with van der Waals surface area (Å²) < 4.78 is 0. The van der Waals surface area contributed by atoms with Gasteiger partial charge in [-0.2, -0.15) is 0 Å². The Balaban J connectivity index is 4.52. The Morgan fingerprint density at radius 3 is 2.13 bits per heavy atom. The molecule has 7 N–H and O–H groups in total. The molecule has 2 atom stereocenters. The van der Waals surface area contributed by atoms with Gasteiger partial charge in [-0.25, -0.2) is 0 Å². The van der Waals surface area contributed by atoms with Crippen molar-refractivity contribution in [3.8, 4) is 0 Å². The number of amides is 1. The average Bonchev–Trinajstić information content (AvgIpc) is 2.55. The highest BCUT2D eigenvalue weighted by Gasteiger charge is 2.23. The minimum absolute atomic E-state index is 0.0823. The number of ketones is 1. The van der Waals surface area contributed by atoms with Gasteiger partial charge < -0.3 is 27.4 Å². The van der Waals surface area contributed by atoms with Gasteiger partial charge in [-0.3, -0.25) is 9.59 Å². The Labute approximate surface area is 140 Å². The molecular formula is C16H35N5O2. The summed E-state index contributed by atoms with van der Waals surface area (Å²) in [6.45, 7) is 1.94. The number of hydrogen-bond donors (Lipinski definition) is 5. The van der Waals surface area contributed by atoms with Crippen LogP contribution in [0.15, 0.2) is 0 Å². The zero-order chi connectivity index (χ0) is 17.5. The third-order valence-corrected chi connectivity index (χ3v) is 3.86. The lowest BCUT2D eigenvalue weighted by Gasteiger charge is -2.22. The molecule has 0 aliphatic heterocycles. The van der Waals surface area contributed by atoms with E-state index in [1.165, 1.54) is 0 Å². The van der Waals surface area contributed by atoms with Crippen LogP contribution >= 0.6 is 0 Å². The lowest BCUT2D eigenvalue weighted by Crippen LogP contribution is -2.49. The fourth-order valence-electron chi connectivity index (χ4n) is 2.42. The van der Waals surface area contributed by atoms with Crippen molar-refractivity contribution in [1.29, 1.82) is 0 Å². The van der Waals surface area contributed by atoms with Crippen LogP contribution in [-0.4, -0.2) is 57.5 Å². The fraction of sp³-hybridized carbons (Fsp3) is 0.875. The number of carbonyl (C=O) groups excluding carboxylic acids is 2. The molecule has 0 aromatic carbocycles. The molecule has 1 amide bonds. The number of nitrogens with one attached hydrogen (secondary N) is 3. The van der Waals surface area contributed by atoms with E-state index in [9.17, 15) is 9.59 Å². The topological polar surface area (TPSA) is 122 Å². The van der Waals surface area contributed by atoms with Gasteiger partial charge >= 0.3 is 0 Å². The van der Waals surface area contributed by atoms with Crippen molar-refractivity contribution in [2.75, 3.05) is 33.7 Å². The van der Waals surface area contributed by atoms with Gasteiger partial charge in [0.05, 0.1) is 12.1 Å². The number of likely N-dealkylation sites (N-methyl/N-ethyl adjacent to an activating group) is 1. The van der Waals surface area contributed by atoms with E-state index >= 15 is 0 Å². The molecule has 0 aromatic rings. The molecule has 0 aromatic heterocycles. The average molecular weight is 329 g/mol. The Bertz CT molecular complexity index is 326. The molecule has 0 rings (SSSR count). The summed E-state index contributed by atoms with van der Waals surface area (Å²) in [5.41, 5.74) is 11.0. The van der Waals surface area contributed by atoms with Crippen molar-refractivity contribution in [2.24, 2.45) is 11.5 Å². The zero-order valence-electron chi connectivity index (χ0n) is 14.7. The van der Waals surface area contributed by atoms with Crippen LogP contribution in [0.5, 0.6) is 0 Å². The largest absolute Gasteiger partial charge is 0.345 e. The summed E-state index contributed by atoms with van der Waals surface area (Å²) in [5, 5.41) is 8.94. The van der Waals surface area contributed by atoms with Gasteiger partial charge in [-0.1, -0.05) is 6.42 Å². The van der Waals surface area contributed by atoms with Gasteiger partial charge in [0.15, 0.2) is 5.78 Å². The van der Waals surface area contributed by atoms with Crippen molar-refractivity contribution < 1.29 is 9.59 Å². The van der Waals surface area contributed by atoms with Gasteiger partial charge in [0.25, 0.3) is 0 Å². The maximum Gasteiger partial charge on any atom is 0.237 e. The highest BCUT2D eigenvalue weighted by atomic mass is 16.2. The third-order valence-electron chi connectivity index (χ3n) is 3.86. The predicted octanol–water partition coefficient (Wildman–Crippen LogP) is -0.504. The molecular weight excluding hydrogens is 294 g/mol. The predicted molar refractivity (Wildman–Crippen MR) is 94.1 cm³/mol. The first-order valence-corrected chi connectivity index (χ1v) is 8.65. The van der Waals surface area contributed by atoms with Gasteiger partial charge in [-0.15, -0.1) is 0 Å². The molecule has 0 fully saturated rings. The second-order valence-electron chi connectivity index (χ2n) is 5.79. The van der Waals surface area contributed by atoms with Crippen molar-refractivity contribution in [2.45, 2.75) is 57.0 Å². The summed E-state index contributed by atoms with van der Waals surface area (Å²) in [4.78, 5) is 24.7. The molecule has 23 heavy (non-hydrogen) atoms. The Hall–Kier alpha value is -1.02. The highest BCUT2D eigenvalue weighted by molar-refractivity contribution is 5.90. The highest BCUT2D eigenvalue weighted by Crippen LogP contribution is 2.06. The first-order valence-electron chi connectivity index (χ1n) is 8.65. The molecule has 0 aliphatic carbocycles. The smallest absolute Gasteiger partial charge is 0.237 e. The van der Waals surface area contributed by atoms with E-state index in [4.69, 9.17) is 11.5 Å². The zero-order valence-corrected chi connectivity index (χ0v) is 14.7. The fourth-order valence-corrected chi connectivity index (χ4v) is 2.42. The van der Waals surface area contributed by atoms with Gasteiger partial charge in [-0.05, 0) is 65.8 Å². The second-order valence-corrected chi connectivity index (χ2v) is 5.79. The molecule has 136 valence electrons. The minimum Gasteiger partial charge on any atom is -0.345 e. The van der Waals surface area contributed by atoms with Crippen LogP contribution in [0.4, 0.5) is 0 Å². The lowest BCUT2D eigenvalue weighted by molar-refractivity contribution is -0.129. The van der Waals surface area contributed by atoms with Crippen molar-refractivity contribution in [3.63, 3.8) is 0 Å². The molecule has 0 spiro atoms. The number of carbonyl (C=O) groups is 2. The molecule has 0 saturated heterocycles. The Morgan fingerprint density at radius 1 is 0.913 bits per heavy atom. The molecule has 0 aliphatic rings. The monoisotopic (exact) mass is 329 g/mol. The molecule has 2 unspecified atom stereocenters. The third kappa shape index (κ3) is 10.4. The molecule has 0 bridgehead atoms. The lowest BCUT2D eigenvalue weighted by atomic mass is 10.0. The quantitative estimate of drug-likeness (QED) is 0.258. The summed E-state index contributed by atoms with van der Waals surface area (Å²) in [6.07, 6.45) is 5.06. The maximum absolute atomic E-state index is 12.4. The standard InChI is InChI=1S/C16H35N5O2/c1-19-12-6-9-15(22)13(8-5-11-18)21-16(23)14(20-2)7-3-4-10-17/h13-14,19-20H,3-12,17-18H2,1-2H3,(H,21,23). The number of Topliss-reactive ketones (excluding diaryl/α,β-unsaturated/α-hetero) is 1. The molecule has 0 heterocycles. The van der Waals surface area contributed by atoms with E-state index in [1.807, 2.05) is 7.05 Å². The molecule has 0 radical (unpaired) electrons. The second kappa shape index (κ2) is 14.6. The summed E-state index contributed by atoms with van der Waals surface area (Å²) in [5.74, 6) is -0.0348. The first-order chi connectivity index (χ1) is 11.1. The summed E-state index contributed by atoms with van der Waals surface area (Å²) in [7, 11) is 3.62. The van der Waals surface area contributed by atoms with Crippen LogP contribution in [0, 0.1) is 0 Å². The normalized spacial score (nSPS) is 13.6. The summed E-state index contributed by atoms with van der Waals surface area (Å²) >= 11 is 0. The number of hydrogen-bond acceptors (Lipinski definition) is 6. The summed E-state index contributed by atoms with van der Waals surface area (Å²) in [6, 6.07) is -0.722. The molecule has 7 heteroatoms.